The van der Waals surface area contributed by atoms with Gasteiger partial charge in [0.05, 0.1) is 28.2 Å². The molecule has 1 aliphatic heterocycles. The van der Waals surface area contributed by atoms with E-state index in [-0.39, 0.29) is 28.8 Å². The number of hydrogen-bond donors (Lipinski definition) is 1. The van der Waals surface area contributed by atoms with Gasteiger partial charge >= 0.3 is 0 Å². The molecule has 1 aliphatic carbocycles. The Hall–Kier alpha value is -2.24. The van der Waals surface area contributed by atoms with Gasteiger partial charge in [0.25, 0.3) is 5.69 Å². The van der Waals surface area contributed by atoms with Gasteiger partial charge in [0.1, 0.15) is 5.78 Å². The zero-order valence-corrected chi connectivity index (χ0v) is 12.0. The number of carbonyl (C=O) groups is 1. The summed E-state index contributed by atoms with van der Waals surface area (Å²) in [5.41, 5.74) is 3.89. The average molecular weight is 287 g/mol. The Morgan fingerprint density at radius 2 is 2.10 bits per heavy atom. The summed E-state index contributed by atoms with van der Waals surface area (Å²) in [6.07, 6.45) is 1.31. The number of Topliss-reactive ketones (excluding diaryl/α,β-unsaturated/α-hetero) is 1. The fourth-order valence-electron chi connectivity index (χ4n) is 3.35. The molecule has 0 radical (unpaired) electrons. The number of nitrogens with zero attached hydrogens (tertiary/aromatic N) is 2. The molecule has 1 aromatic carbocycles. The third-order valence-corrected chi connectivity index (χ3v) is 4.20. The highest BCUT2D eigenvalue weighted by molar-refractivity contribution is 6.17. The van der Waals surface area contributed by atoms with Crippen molar-refractivity contribution < 1.29 is 9.72 Å². The molecule has 110 valence electrons. The maximum Gasteiger partial charge on any atom is 0.278 e. The number of carbonyl (C=O) groups excluding carboxylic acids is 1. The van der Waals surface area contributed by atoms with Gasteiger partial charge in [-0.2, -0.15) is 5.10 Å². The van der Waals surface area contributed by atoms with Gasteiger partial charge in [-0.3, -0.25) is 14.9 Å². The Morgan fingerprint density at radius 1 is 1.38 bits per heavy atom. The van der Waals surface area contributed by atoms with Gasteiger partial charge in [0, 0.05) is 12.5 Å². The molecule has 3 rings (SSSR count). The Bertz CT molecular complexity index is 651. The van der Waals surface area contributed by atoms with Crippen molar-refractivity contribution in [3.63, 3.8) is 0 Å². The second-order valence-corrected chi connectivity index (χ2v) is 6.50. The monoisotopic (exact) mass is 287 g/mol. The molecule has 0 bridgehead atoms. The van der Waals surface area contributed by atoms with Crippen LogP contribution in [0.5, 0.6) is 0 Å². The summed E-state index contributed by atoms with van der Waals surface area (Å²) in [7, 11) is 0. The summed E-state index contributed by atoms with van der Waals surface area (Å²) in [6, 6.07) is 6.40. The molecule has 0 saturated heterocycles. The average Bonchev–Trinajstić information content (AvgIpc) is 2.80. The summed E-state index contributed by atoms with van der Waals surface area (Å²) in [6.45, 7) is 4.12. The number of para-hydroxylation sites is 1. The van der Waals surface area contributed by atoms with Crippen LogP contribution in [0.3, 0.4) is 0 Å². The first-order chi connectivity index (χ1) is 9.89. The standard InChI is InChI=1S/C15H17N3O3/c1-15(2)7-10-13(12(19)8-15)14(17-16-10)9-5-3-4-6-11(9)18(20)21/h3-6,10,13,16H,7-8H2,1-2H3/t10-,13+/m0/s1. The van der Waals surface area contributed by atoms with Crippen LogP contribution in [-0.2, 0) is 4.79 Å². The van der Waals surface area contributed by atoms with Crippen LogP contribution in [0.2, 0.25) is 0 Å². The SMILES string of the molecule is CC1(C)CC(=O)[C@@H]2C(c3ccccc3[N+](=O)[O-])=NN[C@H]2C1. The Kier molecular flexibility index (Phi) is 3.04. The van der Waals surface area contributed by atoms with Crippen LogP contribution >= 0.6 is 0 Å². The van der Waals surface area contributed by atoms with Crippen LogP contribution in [0.4, 0.5) is 5.69 Å². The summed E-state index contributed by atoms with van der Waals surface area (Å²) in [4.78, 5) is 23.2. The van der Waals surface area contributed by atoms with E-state index in [1.54, 1.807) is 18.2 Å². The summed E-state index contributed by atoms with van der Waals surface area (Å²) in [5, 5.41) is 15.4. The van der Waals surface area contributed by atoms with E-state index in [2.05, 4.69) is 24.4 Å². The molecule has 2 aliphatic rings. The summed E-state index contributed by atoms with van der Waals surface area (Å²) < 4.78 is 0. The van der Waals surface area contributed by atoms with Crippen molar-refractivity contribution in [3.8, 4) is 0 Å². The maximum atomic E-state index is 12.5. The highest BCUT2D eigenvalue weighted by atomic mass is 16.6. The third-order valence-electron chi connectivity index (χ3n) is 4.20. The van der Waals surface area contributed by atoms with Crippen molar-refractivity contribution in [1.82, 2.24) is 5.43 Å². The van der Waals surface area contributed by atoms with E-state index in [4.69, 9.17) is 0 Å². The van der Waals surface area contributed by atoms with Crippen LogP contribution in [0.15, 0.2) is 29.4 Å². The molecular formula is C15H17N3O3. The fraction of sp³-hybridized carbons (Fsp3) is 0.467. The van der Waals surface area contributed by atoms with Crippen molar-refractivity contribution in [3.05, 3.63) is 39.9 Å². The molecule has 21 heavy (non-hydrogen) atoms. The molecule has 6 nitrogen and oxygen atoms in total. The number of nitrogens with one attached hydrogen (secondary N) is 1. The lowest BCUT2D eigenvalue weighted by Crippen LogP contribution is -2.45. The molecule has 1 aromatic rings. The number of nitro benzene ring substituents is 1. The van der Waals surface area contributed by atoms with Crippen molar-refractivity contribution in [1.29, 1.82) is 0 Å². The smallest absolute Gasteiger partial charge is 0.278 e. The quantitative estimate of drug-likeness (QED) is 0.668. The zero-order valence-electron chi connectivity index (χ0n) is 12.0. The number of fused-ring (bicyclic) bond motifs is 1. The zero-order chi connectivity index (χ0) is 15.2. The lowest BCUT2D eigenvalue weighted by Gasteiger charge is -2.36. The van der Waals surface area contributed by atoms with Gasteiger partial charge in [-0.15, -0.1) is 0 Å². The molecule has 1 N–H and O–H groups in total. The molecule has 0 aromatic heterocycles. The predicted molar refractivity (Wildman–Crippen MR) is 78.1 cm³/mol. The molecule has 0 amide bonds. The first-order valence-corrected chi connectivity index (χ1v) is 6.99. The van der Waals surface area contributed by atoms with Crippen molar-refractivity contribution in [2.75, 3.05) is 0 Å². The van der Waals surface area contributed by atoms with Crippen molar-refractivity contribution in [2.24, 2.45) is 16.4 Å². The van der Waals surface area contributed by atoms with Crippen LogP contribution in [0.1, 0.15) is 32.3 Å². The topological polar surface area (TPSA) is 84.6 Å². The number of nitro groups is 1. The first-order valence-electron chi connectivity index (χ1n) is 6.99. The highest BCUT2D eigenvalue weighted by Crippen LogP contribution is 2.40. The first kappa shape index (κ1) is 13.7. The van der Waals surface area contributed by atoms with E-state index in [1.807, 2.05) is 0 Å². The number of hydrogen-bond acceptors (Lipinski definition) is 5. The van der Waals surface area contributed by atoms with E-state index >= 15 is 0 Å². The van der Waals surface area contributed by atoms with E-state index in [9.17, 15) is 14.9 Å². The normalized spacial score (nSPS) is 26.8. The predicted octanol–water partition coefficient (Wildman–Crippen LogP) is 2.28. The summed E-state index contributed by atoms with van der Waals surface area (Å²) >= 11 is 0. The second-order valence-electron chi connectivity index (χ2n) is 6.50. The summed E-state index contributed by atoms with van der Waals surface area (Å²) in [5.74, 6) is -0.266. The van der Waals surface area contributed by atoms with Crippen LogP contribution in [-0.4, -0.2) is 22.5 Å². The minimum Gasteiger partial charge on any atom is -0.306 e. The number of ketones is 1. The second kappa shape index (κ2) is 4.65. The number of hydrazone groups is 1. The van der Waals surface area contributed by atoms with Gasteiger partial charge in [0.2, 0.25) is 0 Å². The number of benzene rings is 1. The number of rotatable bonds is 2. The van der Waals surface area contributed by atoms with Crippen molar-refractivity contribution >= 4 is 17.2 Å². The van der Waals surface area contributed by atoms with E-state index in [0.717, 1.165) is 6.42 Å². The lowest BCUT2D eigenvalue weighted by molar-refractivity contribution is -0.385. The van der Waals surface area contributed by atoms with Gasteiger partial charge in [-0.25, -0.2) is 0 Å². The molecule has 0 unspecified atom stereocenters. The maximum absolute atomic E-state index is 12.5. The molecule has 1 fully saturated rings. The third kappa shape index (κ3) is 2.30. The largest absolute Gasteiger partial charge is 0.306 e. The highest BCUT2D eigenvalue weighted by Gasteiger charge is 2.47. The van der Waals surface area contributed by atoms with E-state index in [1.165, 1.54) is 6.07 Å². The Balaban J connectivity index is 1.99. The molecule has 1 saturated carbocycles. The van der Waals surface area contributed by atoms with Gasteiger partial charge in [0.15, 0.2) is 0 Å². The molecule has 2 atom stereocenters. The Labute approximate surface area is 122 Å². The van der Waals surface area contributed by atoms with Crippen LogP contribution in [0.25, 0.3) is 0 Å². The van der Waals surface area contributed by atoms with Crippen molar-refractivity contribution in [2.45, 2.75) is 32.7 Å². The molecule has 1 heterocycles. The van der Waals surface area contributed by atoms with E-state index < -0.39 is 4.92 Å². The van der Waals surface area contributed by atoms with E-state index in [0.29, 0.717) is 17.7 Å². The Morgan fingerprint density at radius 3 is 2.81 bits per heavy atom. The molecule has 0 spiro atoms. The lowest BCUT2D eigenvalue weighted by atomic mass is 9.68. The van der Waals surface area contributed by atoms with Gasteiger partial charge in [-0.1, -0.05) is 26.0 Å². The molecule has 6 heteroatoms. The molecular weight excluding hydrogens is 270 g/mol. The van der Waals surface area contributed by atoms with Gasteiger partial charge < -0.3 is 5.43 Å². The van der Waals surface area contributed by atoms with Crippen LogP contribution < -0.4 is 5.43 Å². The minimum atomic E-state index is -0.428. The van der Waals surface area contributed by atoms with Crippen LogP contribution in [0, 0.1) is 21.4 Å². The van der Waals surface area contributed by atoms with Gasteiger partial charge in [-0.05, 0) is 17.9 Å². The fourth-order valence-corrected chi connectivity index (χ4v) is 3.35. The minimum absolute atomic E-state index is 0.00339.